The molecule has 0 aliphatic heterocycles. The molecule has 0 saturated heterocycles. The molecule has 2 N–H and O–H groups in total. The lowest BCUT2D eigenvalue weighted by Gasteiger charge is -2.16. The van der Waals surface area contributed by atoms with Crippen LogP contribution in [0.25, 0.3) is 0 Å². The molecule has 52 heavy (non-hydrogen) atoms. The second-order valence-corrected chi connectivity index (χ2v) is 10.6. The minimum Gasteiger partial charge on any atom is -0.467 e. The molecule has 280 valence electrons. The number of rotatable bonds is 18. The van der Waals surface area contributed by atoms with Crippen LogP contribution in [0.1, 0.15) is 35.6 Å². The molecule has 0 unspecified atom stereocenters. The number of aromatic nitrogens is 8. The molecular weight excluding hydrogens is 684 g/mol. The van der Waals surface area contributed by atoms with Gasteiger partial charge in [0.25, 0.3) is 0 Å². The maximum atomic E-state index is 12.0. The number of methoxy groups -OCH3 is 4. The van der Waals surface area contributed by atoms with Gasteiger partial charge in [0.15, 0.2) is 18.4 Å². The standard InChI is InChI=1S/2C16H21N5O5/c1-24-11-21-14(18-19-20-21)9-8-13(15(22)25-2)17-16(23)26-10-12-6-4-3-5-7-12;1-24-11-21-19-14(18-20-21)9-8-13(15(22)25-2)17-16(23)26-10-12-6-4-3-5-7-12/h2*3-7,13H,8-11H2,1-2H3,(H,17,23)/t2*13-/m00/s1. The summed E-state index contributed by atoms with van der Waals surface area (Å²) in [4.78, 5) is 49.0. The van der Waals surface area contributed by atoms with Crippen molar-refractivity contribution in [3.63, 3.8) is 0 Å². The lowest BCUT2D eigenvalue weighted by molar-refractivity contribution is -0.144. The molecule has 2 aromatic carbocycles. The van der Waals surface area contributed by atoms with Crippen LogP contribution >= 0.6 is 0 Å². The highest BCUT2D eigenvalue weighted by Crippen LogP contribution is 2.07. The number of benzene rings is 2. The van der Waals surface area contributed by atoms with Crippen molar-refractivity contribution in [2.24, 2.45) is 0 Å². The van der Waals surface area contributed by atoms with Crippen molar-refractivity contribution in [1.29, 1.82) is 0 Å². The van der Waals surface area contributed by atoms with Crippen LogP contribution in [0.15, 0.2) is 60.7 Å². The highest BCUT2D eigenvalue weighted by Gasteiger charge is 2.24. The number of ether oxygens (including phenoxy) is 6. The van der Waals surface area contributed by atoms with Crippen LogP contribution in [-0.2, 0) is 77.5 Å². The van der Waals surface area contributed by atoms with Gasteiger partial charge in [-0.15, -0.1) is 20.1 Å². The van der Waals surface area contributed by atoms with Crippen LogP contribution in [0, 0.1) is 0 Å². The number of amides is 2. The summed E-state index contributed by atoms with van der Waals surface area (Å²) in [7, 11) is 5.54. The third kappa shape index (κ3) is 14.5. The van der Waals surface area contributed by atoms with E-state index in [-0.39, 0.29) is 39.5 Å². The first kappa shape index (κ1) is 40.4. The van der Waals surface area contributed by atoms with Gasteiger partial charge < -0.3 is 39.1 Å². The summed E-state index contributed by atoms with van der Waals surface area (Å²) >= 11 is 0. The largest absolute Gasteiger partial charge is 0.467 e. The van der Waals surface area contributed by atoms with Gasteiger partial charge in [0.05, 0.1) is 14.2 Å². The molecule has 2 atom stereocenters. The number of alkyl carbamates (subject to hydrolysis) is 2. The molecule has 0 saturated carbocycles. The highest BCUT2D eigenvalue weighted by atomic mass is 16.6. The average Bonchev–Trinajstić information content (AvgIpc) is 3.83. The van der Waals surface area contributed by atoms with Gasteiger partial charge in [-0.1, -0.05) is 60.7 Å². The number of aryl methyl sites for hydroxylation is 2. The van der Waals surface area contributed by atoms with Crippen LogP contribution in [0.4, 0.5) is 9.59 Å². The van der Waals surface area contributed by atoms with Gasteiger partial charge in [-0.05, 0) is 39.6 Å². The Morgan fingerprint density at radius 2 is 1.19 bits per heavy atom. The van der Waals surface area contributed by atoms with Crippen molar-refractivity contribution in [3.8, 4) is 0 Å². The third-order valence-corrected chi connectivity index (χ3v) is 6.89. The number of carbonyl (C=O) groups is 4. The Morgan fingerprint density at radius 3 is 1.69 bits per heavy atom. The summed E-state index contributed by atoms with van der Waals surface area (Å²) in [5, 5.41) is 27.9. The van der Waals surface area contributed by atoms with Gasteiger partial charge >= 0.3 is 24.1 Å². The number of hydrogen-bond acceptors (Lipinski definition) is 16. The topological polar surface area (TPSA) is 235 Å². The zero-order chi connectivity index (χ0) is 37.6. The van der Waals surface area contributed by atoms with Crippen LogP contribution < -0.4 is 10.6 Å². The molecule has 2 heterocycles. The van der Waals surface area contributed by atoms with Gasteiger partial charge in [0, 0.05) is 27.1 Å². The number of nitrogens with one attached hydrogen (secondary N) is 2. The first-order valence-electron chi connectivity index (χ1n) is 15.9. The minimum absolute atomic E-state index is 0.104. The molecule has 4 aromatic rings. The van der Waals surface area contributed by atoms with Gasteiger partial charge in [-0.3, -0.25) is 0 Å². The molecule has 0 fully saturated rings. The number of carbonyl (C=O) groups excluding carboxylic acids is 4. The van der Waals surface area contributed by atoms with E-state index in [1.807, 2.05) is 60.7 Å². The van der Waals surface area contributed by atoms with E-state index >= 15 is 0 Å². The van der Waals surface area contributed by atoms with Crippen LogP contribution in [0.5, 0.6) is 0 Å². The molecule has 2 amide bonds. The van der Waals surface area contributed by atoms with E-state index in [2.05, 4.69) is 41.6 Å². The fraction of sp³-hybridized carbons (Fsp3) is 0.438. The van der Waals surface area contributed by atoms with Gasteiger partial charge in [-0.2, -0.15) is 0 Å². The Bertz CT molecular complexity index is 1660. The summed E-state index contributed by atoms with van der Waals surface area (Å²) in [5.41, 5.74) is 1.69. The quantitative estimate of drug-likeness (QED) is 0.109. The summed E-state index contributed by atoms with van der Waals surface area (Å²) < 4.78 is 31.0. The van der Waals surface area contributed by atoms with Crippen molar-refractivity contribution in [2.75, 3.05) is 28.4 Å². The highest BCUT2D eigenvalue weighted by molar-refractivity contribution is 5.81. The molecule has 0 bridgehead atoms. The number of hydrogen-bond donors (Lipinski definition) is 2. The first-order valence-corrected chi connectivity index (χ1v) is 15.9. The summed E-state index contributed by atoms with van der Waals surface area (Å²) in [6, 6.07) is 16.7. The smallest absolute Gasteiger partial charge is 0.408 e. The Hall–Kier alpha value is -6.02. The Kier molecular flexibility index (Phi) is 17.6. The molecule has 0 aliphatic carbocycles. The molecule has 0 radical (unpaired) electrons. The second kappa shape index (κ2) is 22.6. The van der Waals surface area contributed by atoms with Gasteiger partial charge in [0.2, 0.25) is 0 Å². The Balaban J connectivity index is 0.000000280. The Morgan fingerprint density at radius 1 is 0.673 bits per heavy atom. The number of nitrogens with zero attached hydrogens (tertiary/aromatic N) is 8. The van der Waals surface area contributed by atoms with Gasteiger partial charge in [0.1, 0.15) is 32.0 Å². The predicted octanol–water partition coefficient (Wildman–Crippen LogP) is 1.36. The molecule has 20 nitrogen and oxygen atoms in total. The minimum atomic E-state index is -0.879. The maximum absolute atomic E-state index is 12.0. The number of tetrazole rings is 2. The SMILES string of the molecule is COCn1nnc(CC[C@H](NC(=O)OCc2ccccc2)C(=O)OC)n1.COCn1nnnc1CC[C@H](NC(=O)OCc1ccccc1)C(=O)OC. The molecular formula is C32H42N10O10. The molecule has 0 aliphatic rings. The van der Waals surface area contributed by atoms with Crippen LogP contribution in [0.3, 0.4) is 0 Å². The van der Waals surface area contributed by atoms with E-state index in [4.69, 9.17) is 28.4 Å². The molecule has 0 spiro atoms. The molecule has 20 heteroatoms. The monoisotopic (exact) mass is 726 g/mol. The predicted molar refractivity (Wildman–Crippen MR) is 177 cm³/mol. The normalized spacial score (nSPS) is 11.6. The van der Waals surface area contributed by atoms with Crippen molar-refractivity contribution < 1.29 is 47.6 Å². The van der Waals surface area contributed by atoms with Crippen molar-refractivity contribution in [3.05, 3.63) is 83.4 Å². The fourth-order valence-corrected chi connectivity index (χ4v) is 4.31. The average molecular weight is 727 g/mol. The fourth-order valence-electron chi connectivity index (χ4n) is 4.31. The molecule has 2 aromatic heterocycles. The third-order valence-electron chi connectivity index (χ3n) is 6.89. The van der Waals surface area contributed by atoms with Crippen LogP contribution in [-0.4, -0.2) is 105 Å². The lowest BCUT2D eigenvalue weighted by Crippen LogP contribution is -2.42. The summed E-state index contributed by atoms with van der Waals surface area (Å²) in [5.74, 6) is -0.200. The summed E-state index contributed by atoms with van der Waals surface area (Å²) in [6.45, 7) is 0.579. The van der Waals surface area contributed by atoms with E-state index in [9.17, 15) is 19.2 Å². The van der Waals surface area contributed by atoms with Crippen LogP contribution in [0.2, 0.25) is 0 Å². The van der Waals surface area contributed by atoms with E-state index in [1.165, 1.54) is 37.9 Å². The lowest BCUT2D eigenvalue weighted by atomic mass is 10.1. The zero-order valence-electron chi connectivity index (χ0n) is 29.2. The van der Waals surface area contributed by atoms with E-state index in [0.29, 0.717) is 24.5 Å². The van der Waals surface area contributed by atoms with E-state index in [1.54, 1.807) is 0 Å². The van der Waals surface area contributed by atoms with Gasteiger partial charge in [-0.25, -0.2) is 23.9 Å². The maximum Gasteiger partial charge on any atom is 0.408 e. The summed E-state index contributed by atoms with van der Waals surface area (Å²) in [6.07, 6.45) is -0.262. The second-order valence-electron chi connectivity index (χ2n) is 10.6. The first-order chi connectivity index (χ1) is 25.3. The molecule has 4 rings (SSSR count). The number of esters is 2. The zero-order valence-corrected chi connectivity index (χ0v) is 29.2. The van der Waals surface area contributed by atoms with Crippen molar-refractivity contribution in [2.45, 2.75) is 64.4 Å². The van der Waals surface area contributed by atoms with Crippen molar-refractivity contribution in [1.82, 2.24) is 51.0 Å². The van der Waals surface area contributed by atoms with E-state index in [0.717, 1.165) is 11.1 Å². The van der Waals surface area contributed by atoms with Crippen molar-refractivity contribution >= 4 is 24.1 Å². The van der Waals surface area contributed by atoms with E-state index < -0.39 is 36.2 Å². The Labute approximate surface area is 299 Å².